The van der Waals surface area contributed by atoms with E-state index in [2.05, 4.69) is 0 Å². The zero-order valence-corrected chi connectivity index (χ0v) is 10.1. The SMILES string of the molecule is CC1=CC(=O)C(C)(C)Oc2cc(C)ccc21. The monoisotopic (exact) mass is 216 g/mol. The van der Waals surface area contributed by atoms with Crippen LogP contribution in [-0.2, 0) is 4.79 Å². The third-order valence-corrected chi connectivity index (χ3v) is 2.87. The van der Waals surface area contributed by atoms with Gasteiger partial charge in [-0.25, -0.2) is 0 Å². The van der Waals surface area contributed by atoms with E-state index in [4.69, 9.17) is 4.74 Å². The number of ether oxygens (including phenoxy) is 1. The summed E-state index contributed by atoms with van der Waals surface area (Å²) in [5.41, 5.74) is 2.33. The first-order valence-corrected chi connectivity index (χ1v) is 5.43. The van der Waals surface area contributed by atoms with Crippen LogP contribution in [0.4, 0.5) is 0 Å². The van der Waals surface area contributed by atoms with E-state index >= 15 is 0 Å². The Kier molecular flexibility index (Phi) is 2.38. The molecule has 1 aliphatic heterocycles. The maximum atomic E-state index is 11.9. The van der Waals surface area contributed by atoms with Crippen LogP contribution in [0, 0.1) is 6.92 Å². The van der Waals surface area contributed by atoms with Gasteiger partial charge in [-0.15, -0.1) is 0 Å². The summed E-state index contributed by atoms with van der Waals surface area (Å²) in [6.07, 6.45) is 1.67. The van der Waals surface area contributed by atoms with Crippen LogP contribution >= 0.6 is 0 Å². The number of allylic oxidation sites excluding steroid dienone is 1. The van der Waals surface area contributed by atoms with Crippen LogP contribution in [0.25, 0.3) is 5.57 Å². The first-order valence-electron chi connectivity index (χ1n) is 5.43. The Balaban J connectivity index is 2.62. The molecule has 0 fully saturated rings. The fourth-order valence-electron chi connectivity index (χ4n) is 1.81. The first kappa shape index (κ1) is 10.9. The maximum absolute atomic E-state index is 11.9. The largest absolute Gasteiger partial charge is 0.479 e. The fourth-order valence-corrected chi connectivity index (χ4v) is 1.81. The normalized spacial score (nSPS) is 18.2. The van der Waals surface area contributed by atoms with Gasteiger partial charge in [-0.05, 0) is 51.0 Å². The van der Waals surface area contributed by atoms with Gasteiger partial charge in [0.2, 0.25) is 0 Å². The van der Waals surface area contributed by atoms with Crippen molar-refractivity contribution in [2.75, 3.05) is 0 Å². The summed E-state index contributed by atoms with van der Waals surface area (Å²) in [6, 6.07) is 6.01. The Labute approximate surface area is 95.9 Å². The van der Waals surface area contributed by atoms with E-state index in [9.17, 15) is 4.79 Å². The standard InChI is InChI=1S/C14H16O2/c1-9-5-6-11-10(2)8-13(15)14(3,4)16-12(11)7-9/h5-8H,1-4H3. The number of carbonyl (C=O) groups excluding carboxylic acids is 1. The molecule has 0 amide bonds. The Morgan fingerprint density at radius 1 is 1.19 bits per heavy atom. The molecule has 0 N–H and O–H groups in total. The van der Waals surface area contributed by atoms with Crippen molar-refractivity contribution in [2.45, 2.75) is 33.3 Å². The van der Waals surface area contributed by atoms with Gasteiger partial charge in [0.25, 0.3) is 0 Å². The van der Waals surface area contributed by atoms with Crippen molar-refractivity contribution in [3.8, 4) is 5.75 Å². The van der Waals surface area contributed by atoms with Crippen LogP contribution in [0.2, 0.25) is 0 Å². The predicted octanol–water partition coefficient (Wildman–Crippen LogP) is 3.14. The average Bonchev–Trinajstić information content (AvgIpc) is 2.23. The minimum Gasteiger partial charge on any atom is -0.479 e. The van der Waals surface area contributed by atoms with E-state index in [-0.39, 0.29) is 5.78 Å². The maximum Gasteiger partial charge on any atom is 0.198 e. The lowest BCUT2D eigenvalue weighted by Crippen LogP contribution is -2.36. The van der Waals surface area contributed by atoms with Crippen LogP contribution < -0.4 is 4.74 Å². The van der Waals surface area contributed by atoms with Crippen molar-refractivity contribution in [1.29, 1.82) is 0 Å². The number of benzene rings is 1. The van der Waals surface area contributed by atoms with E-state index in [0.29, 0.717) is 0 Å². The Bertz CT molecular complexity index is 482. The third-order valence-electron chi connectivity index (χ3n) is 2.87. The molecule has 0 atom stereocenters. The molecule has 1 aliphatic rings. The van der Waals surface area contributed by atoms with Crippen molar-refractivity contribution in [3.05, 3.63) is 35.4 Å². The lowest BCUT2D eigenvalue weighted by atomic mass is 10.0. The van der Waals surface area contributed by atoms with Gasteiger partial charge in [0.1, 0.15) is 5.75 Å². The van der Waals surface area contributed by atoms with Gasteiger partial charge in [-0.3, -0.25) is 4.79 Å². The molecule has 0 spiro atoms. The van der Waals surface area contributed by atoms with Gasteiger partial charge >= 0.3 is 0 Å². The summed E-state index contributed by atoms with van der Waals surface area (Å²) in [5, 5.41) is 0. The number of hydrogen-bond donors (Lipinski definition) is 0. The Morgan fingerprint density at radius 2 is 1.88 bits per heavy atom. The van der Waals surface area contributed by atoms with Crippen LogP contribution in [0.1, 0.15) is 31.9 Å². The molecule has 0 aromatic heterocycles. The highest BCUT2D eigenvalue weighted by atomic mass is 16.5. The van der Waals surface area contributed by atoms with E-state index in [1.807, 2.05) is 32.0 Å². The molecule has 1 aromatic carbocycles. The molecule has 0 radical (unpaired) electrons. The summed E-state index contributed by atoms with van der Waals surface area (Å²) >= 11 is 0. The minimum absolute atomic E-state index is 0.0128. The summed E-state index contributed by atoms with van der Waals surface area (Å²) in [4.78, 5) is 11.9. The highest BCUT2D eigenvalue weighted by Crippen LogP contribution is 2.33. The molecule has 0 bridgehead atoms. The predicted molar refractivity (Wildman–Crippen MR) is 64.5 cm³/mol. The zero-order valence-electron chi connectivity index (χ0n) is 10.1. The van der Waals surface area contributed by atoms with Crippen LogP contribution in [0.5, 0.6) is 5.75 Å². The molecule has 1 aromatic rings. The van der Waals surface area contributed by atoms with Gasteiger partial charge in [0, 0.05) is 5.56 Å². The highest BCUT2D eigenvalue weighted by Gasteiger charge is 2.31. The summed E-state index contributed by atoms with van der Waals surface area (Å²) in [6.45, 7) is 7.56. The van der Waals surface area contributed by atoms with Gasteiger partial charge in [0.05, 0.1) is 0 Å². The second kappa shape index (κ2) is 3.48. The second-order valence-electron chi connectivity index (χ2n) is 4.80. The van der Waals surface area contributed by atoms with Crippen molar-refractivity contribution < 1.29 is 9.53 Å². The number of ketones is 1. The van der Waals surface area contributed by atoms with E-state index in [0.717, 1.165) is 22.4 Å². The Morgan fingerprint density at radius 3 is 2.56 bits per heavy atom. The van der Waals surface area contributed by atoms with Crippen molar-refractivity contribution in [2.24, 2.45) is 0 Å². The fraction of sp³-hybridized carbons (Fsp3) is 0.357. The quantitative estimate of drug-likeness (QED) is 0.666. The van der Waals surface area contributed by atoms with Gasteiger partial charge in [0.15, 0.2) is 11.4 Å². The van der Waals surface area contributed by atoms with E-state index in [1.165, 1.54) is 0 Å². The number of aryl methyl sites for hydroxylation is 1. The number of fused-ring (bicyclic) bond motifs is 1. The summed E-state index contributed by atoms with van der Waals surface area (Å²) in [7, 11) is 0. The number of rotatable bonds is 0. The van der Waals surface area contributed by atoms with Crippen molar-refractivity contribution in [3.63, 3.8) is 0 Å². The van der Waals surface area contributed by atoms with Crippen molar-refractivity contribution in [1.82, 2.24) is 0 Å². The molecule has 1 heterocycles. The molecule has 0 aliphatic carbocycles. The first-order chi connectivity index (χ1) is 7.40. The summed E-state index contributed by atoms with van der Waals surface area (Å²) < 4.78 is 5.81. The van der Waals surface area contributed by atoms with E-state index < -0.39 is 5.60 Å². The molecule has 0 unspecified atom stereocenters. The van der Waals surface area contributed by atoms with Crippen molar-refractivity contribution >= 4 is 11.4 Å². The van der Waals surface area contributed by atoms with E-state index in [1.54, 1.807) is 19.9 Å². The highest BCUT2D eigenvalue weighted by molar-refractivity contribution is 6.03. The molecule has 0 saturated heterocycles. The topological polar surface area (TPSA) is 26.3 Å². The molecule has 84 valence electrons. The molecule has 2 heteroatoms. The molecular formula is C14H16O2. The molecule has 16 heavy (non-hydrogen) atoms. The number of carbonyl (C=O) groups is 1. The van der Waals surface area contributed by atoms with Crippen LogP contribution in [-0.4, -0.2) is 11.4 Å². The van der Waals surface area contributed by atoms with Gasteiger partial charge in [-0.2, -0.15) is 0 Å². The molecule has 2 rings (SSSR count). The van der Waals surface area contributed by atoms with Crippen LogP contribution in [0.15, 0.2) is 24.3 Å². The smallest absolute Gasteiger partial charge is 0.198 e. The average molecular weight is 216 g/mol. The van der Waals surface area contributed by atoms with Gasteiger partial charge < -0.3 is 4.74 Å². The minimum atomic E-state index is -0.777. The third kappa shape index (κ3) is 1.75. The lowest BCUT2D eigenvalue weighted by Gasteiger charge is -2.23. The molecule has 0 saturated carbocycles. The lowest BCUT2D eigenvalue weighted by molar-refractivity contribution is -0.126. The summed E-state index contributed by atoms with van der Waals surface area (Å²) in [5.74, 6) is 0.809. The van der Waals surface area contributed by atoms with Gasteiger partial charge in [-0.1, -0.05) is 12.1 Å². The number of hydrogen-bond acceptors (Lipinski definition) is 2. The zero-order chi connectivity index (χ0) is 11.9. The molecular weight excluding hydrogens is 200 g/mol. The molecule has 2 nitrogen and oxygen atoms in total. The van der Waals surface area contributed by atoms with Crippen LogP contribution in [0.3, 0.4) is 0 Å². The Hall–Kier alpha value is -1.57. The second-order valence-corrected chi connectivity index (χ2v) is 4.80.